The Hall–Kier alpha value is -2.44. The number of halogens is 1. The first-order valence-electron chi connectivity index (χ1n) is 7.40. The van der Waals surface area contributed by atoms with Gasteiger partial charge in [0.15, 0.2) is 0 Å². The van der Waals surface area contributed by atoms with Crippen LogP contribution in [0.5, 0.6) is 0 Å². The van der Waals surface area contributed by atoms with Crippen molar-refractivity contribution >= 4 is 23.2 Å². The van der Waals surface area contributed by atoms with Crippen molar-refractivity contribution in [3.63, 3.8) is 0 Å². The number of aliphatic hydroxyl groups excluding tert-OH is 1. The number of aliphatic hydroxyl groups is 1. The maximum Gasteiger partial charge on any atom is 0.270 e. The van der Waals surface area contributed by atoms with E-state index in [1.165, 1.54) is 12.1 Å². The molecule has 0 radical (unpaired) electrons. The first-order chi connectivity index (χ1) is 11.5. The Bertz CT molecular complexity index is 747. The van der Waals surface area contributed by atoms with Crippen molar-refractivity contribution in [2.45, 2.75) is 19.4 Å². The maximum absolute atomic E-state index is 12.4. The van der Waals surface area contributed by atoms with Gasteiger partial charge in [0.05, 0.1) is 28.2 Å². The molecule has 0 heterocycles. The standard InChI is InChI=1S/C17H17ClN2O4/c1-2-11-3-5-12(6-4-11)16(10-21)19-17(22)14-9-13(20(23)24)7-8-15(14)18/h3-9,16,21H,2,10H2,1H3,(H,19,22). The normalized spacial score (nSPS) is 11.8. The molecular weight excluding hydrogens is 332 g/mol. The largest absolute Gasteiger partial charge is 0.394 e. The third kappa shape index (κ3) is 4.10. The fourth-order valence-corrected chi connectivity index (χ4v) is 2.46. The Morgan fingerprint density at radius 2 is 1.96 bits per heavy atom. The summed E-state index contributed by atoms with van der Waals surface area (Å²) in [7, 11) is 0. The number of aryl methyl sites for hydroxylation is 1. The summed E-state index contributed by atoms with van der Waals surface area (Å²) in [6, 6.07) is 10.5. The molecule has 0 bridgehead atoms. The average molecular weight is 349 g/mol. The summed E-state index contributed by atoms with van der Waals surface area (Å²) in [5, 5.41) is 23.2. The molecule has 126 valence electrons. The second-order valence-electron chi connectivity index (χ2n) is 5.23. The number of hydrogen-bond donors (Lipinski definition) is 2. The molecule has 0 aliphatic carbocycles. The topological polar surface area (TPSA) is 92.5 Å². The molecule has 0 saturated heterocycles. The highest BCUT2D eigenvalue weighted by molar-refractivity contribution is 6.33. The molecular formula is C17H17ClN2O4. The SMILES string of the molecule is CCc1ccc(C(CO)NC(=O)c2cc([N+](=O)[O-])ccc2Cl)cc1. The fraction of sp³-hybridized carbons (Fsp3) is 0.235. The van der Waals surface area contributed by atoms with Gasteiger partial charge < -0.3 is 10.4 Å². The Kier molecular flexibility index (Phi) is 5.89. The van der Waals surface area contributed by atoms with E-state index in [0.29, 0.717) is 0 Å². The zero-order valence-corrected chi connectivity index (χ0v) is 13.8. The van der Waals surface area contributed by atoms with Gasteiger partial charge in [0.25, 0.3) is 11.6 Å². The summed E-state index contributed by atoms with van der Waals surface area (Å²) in [4.78, 5) is 22.6. The lowest BCUT2D eigenvalue weighted by atomic mass is 10.0. The number of carbonyl (C=O) groups is 1. The molecule has 2 aromatic carbocycles. The molecule has 0 aliphatic heterocycles. The van der Waals surface area contributed by atoms with E-state index < -0.39 is 16.9 Å². The first kappa shape index (κ1) is 17.9. The Morgan fingerprint density at radius 3 is 2.50 bits per heavy atom. The fourth-order valence-electron chi connectivity index (χ4n) is 2.26. The lowest BCUT2D eigenvalue weighted by Crippen LogP contribution is -2.31. The predicted molar refractivity (Wildman–Crippen MR) is 91.2 cm³/mol. The van der Waals surface area contributed by atoms with Crippen LogP contribution in [0.1, 0.15) is 34.5 Å². The molecule has 1 amide bonds. The summed E-state index contributed by atoms with van der Waals surface area (Å²) in [6.07, 6.45) is 0.889. The van der Waals surface area contributed by atoms with Gasteiger partial charge in [-0.3, -0.25) is 14.9 Å². The number of nitro groups is 1. The van der Waals surface area contributed by atoms with Crippen molar-refractivity contribution in [3.05, 3.63) is 74.3 Å². The minimum Gasteiger partial charge on any atom is -0.394 e. The van der Waals surface area contributed by atoms with Crippen LogP contribution in [0.3, 0.4) is 0 Å². The summed E-state index contributed by atoms with van der Waals surface area (Å²) >= 11 is 5.96. The van der Waals surface area contributed by atoms with Crippen molar-refractivity contribution in [2.24, 2.45) is 0 Å². The van der Waals surface area contributed by atoms with E-state index in [9.17, 15) is 20.0 Å². The Morgan fingerprint density at radius 1 is 1.29 bits per heavy atom. The van der Waals surface area contributed by atoms with E-state index in [2.05, 4.69) is 5.32 Å². The van der Waals surface area contributed by atoms with E-state index in [0.717, 1.165) is 23.6 Å². The van der Waals surface area contributed by atoms with Crippen LogP contribution in [0, 0.1) is 10.1 Å². The van der Waals surface area contributed by atoms with E-state index in [1.807, 2.05) is 31.2 Å². The zero-order chi connectivity index (χ0) is 17.7. The van der Waals surface area contributed by atoms with Crippen LogP contribution in [0.15, 0.2) is 42.5 Å². The number of amides is 1. The quantitative estimate of drug-likeness (QED) is 0.619. The number of carbonyl (C=O) groups excluding carboxylic acids is 1. The van der Waals surface area contributed by atoms with Crippen LogP contribution < -0.4 is 5.32 Å². The lowest BCUT2D eigenvalue weighted by Gasteiger charge is -2.17. The first-order valence-corrected chi connectivity index (χ1v) is 7.78. The molecule has 24 heavy (non-hydrogen) atoms. The van der Waals surface area contributed by atoms with Gasteiger partial charge in [-0.25, -0.2) is 0 Å². The van der Waals surface area contributed by atoms with Gasteiger partial charge in [-0.1, -0.05) is 42.8 Å². The minimum absolute atomic E-state index is 0.00510. The highest BCUT2D eigenvalue weighted by atomic mass is 35.5. The Balaban J connectivity index is 2.22. The van der Waals surface area contributed by atoms with Gasteiger partial charge in [0.2, 0.25) is 0 Å². The molecule has 1 unspecified atom stereocenters. The van der Waals surface area contributed by atoms with E-state index >= 15 is 0 Å². The van der Waals surface area contributed by atoms with Crippen LogP contribution in [-0.2, 0) is 6.42 Å². The van der Waals surface area contributed by atoms with Crippen molar-refractivity contribution in [3.8, 4) is 0 Å². The summed E-state index contributed by atoms with van der Waals surface area (Å²) in [6.45, 7) is 1.73. The van der Waals surface area contributed by atoms with Crippen molar-refractivity contribution in [1.29, 1.82) is 0 Å². The Labute approximate surface area is 144 Å². The third-order valence-electron chi connectivity index (χ3n) is 3.68. The summed E-state index contributed by atoms with van der Waals surface area (Å²) in [5.41, 5.74) is 1.65. The molecule has 0 fully saturated rings. The molecule has 0 aromatic heterocycles. The molecule has 2 rings (SSSR count). The number of rotatable bonds is 6. The monoisotopic (exact) mass is 348 g/mol. The molecule has 2 N–H and O–H groups in total. The number of nitrogens with zero attached hydrogens (tertiary/aromatic N) is 1. The van der Waals surface area contributed by atoms with E-state index in [-0.39, 0.29) is 22.9 Å². The molecule has 0 aliphatic rings. The van der Waals surface area contributed by atoms with Gasteiger partial charge in [-0.15, -0.1) is 0 Å². The van der Waals surface area contributed by atoms with Crippen molar-refractivity contribution in [2.75, 3.05) is 6.61 Å². The van der Waals surface area contributed by atoms with E-state index in [1.54, 1.807) is 0 Å². The predicted octanol–water partition coefficient (Wildman–Crippen LogP) is 3.27. The molecule has 0 saturated carbocycles. The van der Waals surface area contributed by atoms with Crippen molar-refractivity contribution < 1.29 is 14.8 Å². The van der Waals surface area contributed by atoms with Crippen LogP contribution in [0.2, 0.25) is 5.02 Å². The number of nitro benzene ring substituents is 1. The lowest BCUT2D eigenvalue weighted by molar-refractivity contribution is -0.384. The molecule has 7 heteroatoms. The maximum atomic E-state index is 12.4. The van der Waals surface area contributed by atoms with Gasteiger partial charge in [0.1, 0.15) is 0 Å². The number of benzene rings is 2. The number of non-ortho nitro benzene ring substituents is 1. The van der Waals surface area contributed by atoms with E-state index in [4.69, 9.17) is 11.6 Å². The summed E-state index contributed by atoms with van der Waals surface area (Å²) in [5.74, 6) is -0.581. The zero-order valence-electron chi connectivity index (χ0n) is 13.0. The van der Waals surface area contributed by atoms with Gasteiger partial charge in [0, 0.05) is 12.1 Å². The molecule has 0 spiro atoms. The number of nitrogens with one attached hydrogen (secondary N) is 1. The molecule has 6 nitrogen and oxygen atoms in total. The van der Waals surface area contributed by atoms with Crippen LogP contribution in [0.25, 0.3) is 0 Å². The van der Waals surface area contributed by atoms with Gasteiger partial charge in [-0.2, -0.15) is 0 Å². The second kappa shape index (κ2) is 7.90. The molecule has 1 atom stereocenters. The van der Waals surface area contributed by atoms with Gasteiger partial charge >= 0.3 is 0 Å². The average Bonchev–Trinajstić information content (AvgIpc) is 2.59. The summed E-state index contributed by atoms with van der Waals surface area (Å²) < 4.78 is 0. The van der Waals surface area contributed by atoms with Crippen LogP contribution in [0.4, 0.5) is 5.69 Å². The van der Waals surface area contributed by atoms with Crippen molar-refractivity contribution in [1.82, 2.24) is 5.32 Å². The van der Waals surface area contributed by atoms with Crippen LogP contribution >= 0.6 is 11.6 Å². The third-order valence-corrected chi connectivity index (χ3v) is 4.01. The van der Waals surface area contributed by atoms with Crippen LogP contribution in [-0.4, -0.2) is 22.5 Å². The smallest absolute Gasteiger partial charge is 0.270 e. The minimum atomic E-state index is -0.626. The highest BCUT2D eigenvalue weighted by Crippen LogP contribution is 2.23. The second-order valence-corrected chi connectivity index (χ2v) is 5.63. The highest BCUT2D eigenvalue weighted by Gasteiger charge is 2.19. The number of hydrogen-bond acceptors (Lipinski definition) is 4. The van der Waals surface area contributed by atoms with Gasteiger partial charge in [-0.05, 0) is 23.6 Å². The molecule has 2 aromatic rings.